The van der Waals surface area contributed by atoms with Crippen LogP contribution < -0.4 is 5.73 Å². The average Bonchev–Trinajstić information content (AvgIpc) is 3.17. The van der Waals surface area contributed by atoms with Crippen LogP contribution in [0.1, 0.15) is 84.0 Å². The van der Waals surface area contributed by atoms with E-state index in [1.807, 2.05) is 6.08 Å². The molecule has 0 aromatic rings. The molecule has 0 spiro atoms. The van der Waals surface area contributed by atoms with E-state index >= 15 is 0 Å². The van der Waals surface area contributed by atoms with Gasteiger partial charge in [-0.25, -0.2) is 0 Å². The highest BCUT2D eigenvalue weighted by atomic mass is 16.8. The SMILES string of the molecule is CCCCCCCCCCCCC/C=C/[C@@H](O)[C@@H](N)CO[C@H]1O[C@H](CO)[C@@H](O[C@@H]2O[C@H](CO)[C@H](O[C@@H]3O[C@H](CO)[C@H](O)[C@H](O)[C@H]3O)[C@H](O)[C@H]2O)[C@H](O)[C@H]1O. The van der Waals surface area contributed by atoms with E-state index in [-0.39, 0.29) is 6.61 Å². The summed E-state index contributed by atoms with van der Waals surface area (Å²) in [6, 6.07) is -0.908. The predicted octanol–water partition coefficient (Wildman–Crippen LogP) is -2.60. The van der Waals surface area contributed by atoms with Crippen LogP contribution in [0, 0.1) is 0 Å². The molecule has 3 aliphatic rings. The van der Waals surface area contributed by atoms with Gasteiger partial charge in [-0.1, -0.05) is 83.3 Å². The lowest BCUT2D eigenvalue weighted by atomic mass is 9.96. The third-order valence-corrected chi connectivity index (χ3v) is 10.3. The van der Waals surface area contributed by atoms with Crippen molar-refractivity contribution in [2.24, 2.45) is 5.73 Å². The Kier molecular flexibility index (Phi) is 21.7. The summed E-state index contributed by atoms with van der Waals surface area (Å²) in [5.74, 6) is 0. The number of unbranched alkanes of at least 4 members (excludes halogenated alkanes) is 11. The van der Waals surface area contributed by atoms with Crippen LogP contribution in [0.4, 0.5) is 0 Å². The summed E-state index contributed by atoms with van der Waals surface area (Å²) in [7, 11) is 0. The van der Waals surface area contributed by atoms with Gasteiger partial charge in [-0.2, -0.15) is 0 Å². The first-order valence-corrected chi connectivity index (χ1v) is 19.5. The highest BCUT2D eigenvalue weighted by Crippen LogP contribution is 2.32. The van der Waals surface area contributed by atoms with Crippen molar-refractivity contribution in [3.63, 3.8) is 0 Å². The minimum Gasteiger partial charge on any atom is -0.394 e. The first-order valence-electron chi connectivity index (χ1n) is 19.5. The van der Waals surface area contributed by atoms with Crippen molar-refractivity contribution in [1.29, 1.82) is 0 Å². The van der Waals surface area contributed by atoms with Gasteiger partial charge in [0.05, 0.1) is 38.6 Å². The molecule has 13 N–H and O–H groups in total. The molecule has 3 heterocycles. The second-order valence-electron chi connectivity index (χ2n) is 14.6. The Bertz CT molecular complexity index is 1030. The van der Waals surface area contributed by atoms with Crippen LogP contribution in [0.15, 0.2) is 12.2 Å². The first-order chi connectivity index (χ1) is 25.9. The molecule has 0 aromatic heterocycles. The minimum atomic E-state index is -1.94. The highest BCUT2D eigenvalue weighted by Gasteiger charge is 2.53. The molecule has 0 amide bonds. The lowest BCUT2D eigenvalue weighted by Crippen LogP contribution is -2.66. The quantitative estimate of drug-likeness (QED) is 0.0353. The van der Waals surface area contributed by atoms with Gasteiger partial charge in [0.15, 0.2) is 18.9 Å². The molecule has 0 aliphatic carbocycles. The van der Waals surface area contributed by atoms with Crippen molar-refractivity contribution in [1.82, 2.24) is 0 Å². The minimum absolute atomic E-state index is 0.285. The molecule has 0 unspecified atom stereocenters. The van der Waals surface area contributed by atoms with Crippen molar-refractivity contribution in [3.05, 3.63) is 12.2 Å². The van der Waals surface area contributed by atoms with Gasteiger partial charge in [-0.15, -0.1) is 0 Å². The van der Waals surface area contributed by atoms with Crippen LogP contribution in [0.3, 0.4) is 0 Å². The smallest absolute Gasteiger partial charge is 0.187 e. The fraction of sp³-hybridized carbons (Fsp3) is 0.944. The number of rotatable bonds is 24. The van der Waals surface area contributed by atoms with E-state index in [4.69, 9.17) is 34.2 Å². The highest BCUT2D eigenvalue weighted by molar-refractivity contribution is 4.97. The van der Waals surface area contributed by atoms with Gasteiger partial charge >= 0.3 is 0 Å². The number of allylic oxidation sites excluding steroid dienone is 1. The zero-order valence-corrected chi connectivity index (χ0v) is 31.2. The van der Waals surface area contributed by atoms with Crippen LogP contribution in [-0.4, -0.2) is 187 Å². The van der Waals surface area contributed by atoms with E-state index in [1.54, 1.807) is 6.08 Å². The summed E-state index contributed by atoms with van der Waals surface area (Å²) in [5, 5.41) is 114. The summed E-state index contributed by atoms with van der Waals surface area (Å²) in [6.07, 6.45) is -8.26. The Balaban J connectivity index is 1.44. The molecular formula is C36H67NO17. The first kappa shape index (κ1) is 47.4. The van der Waals surface area contributed by atoms with Gasteiger partial charge in [0.25, 0.3) is 0 Å². The van der Waals surface area contributed by atoms with Crippen molar-refractivity contribution in [2.75, 3.05) is 26.4 Å². The van der Waals surface area contributed by atoms with Gasteiger partial charge in [0.1, 0.15) is 73.2 Å². The lowest BCUT2D eigenvalue weighted by Gasteiger charge is -2.48. The molecule has 0 aromatic carbocycles. The molecule has 18 heteroatoms. The summed E-state index contributed by atoms with van der Waals surface area (Å²) in [4.78, 5) is 0. The van der Waals surface area contributed by atoms with Gasteiger partial charge in [-0.05, 0) is 12.8 Å². The normalized spacial score (nSPS) is 38.9. The molecule has 318 valence electrons. The number of ether oxygens (including phenoxy) is 6. The van der Waals surface area contributed by atoms with Gasteiger partial charge in [0.2, 0.25) is 0 Å². The van der Waals surface area contributed by atoms with Gasteiger partial charge in [-0.3, -0.25) is 0 Å². The second kappa shape index (κ2) is 24.7. The second-order valence-corrected chi connectivity index (χ2v) is 14.6. The van der Waals surface area contributed by atoms with Crippen molar-refractivity contribution in [2.45, 2.75) is 188 Å². The molecule has 0 radical (unpaired) electrons. The maximum absolute atomic E-state index is 10.9. The molecule has 0 saturated carbocycles. The number of aliphatic hydroxyl groups excluding tert-OH is 11. The Morgan fingerprint density at radius 1 is 0.556 bits per heavy atom. The largest absolute Gasteiger partial charge is 0.394 e. The number of nitrogens with two attached hydrogens (primary N) is 1. The van der Waals surface area contributed by atoms with E-state index in [0.717, 1.165) is 19.3 Å². The summed E-state index contributed by atoms with van der Waals surface area (Å²) in [5.41, 5.74) is 6.08. The Morgan fingerprint density at radius 2 is 0.981 bits per heavy atom. The van der Waals surface area contributed by atoms with Crippen LogP contribution in [0.25, 0.3) is 0 Å². The molecule has 17 atom stereocenters. The van der Waals surface area contributed by atoms with E-state index in [2.05, 4.69) is 6.92 Å². The Hall–Kier alpha value is -0.980. The molecule has 3 aliphatic heterocycles. The fourth-order valence-electron chi connectivity index (χ4n) is 6.79. The maximum atomic E-state index is 10.9. The lowest BCUT2D eigenvalue weighted by molar-refractivity contribution is -0.379. The molecule has 3 saturated heterocycles. The van der Waals surface area contributed by atoms with Crippen LogP contribution in [-0.2, 0) is 28.4 Å². The molecule has 3 rings (SSSR count). The third-order valence-electron chi connectivity index (χ3n) is 10.3. The predicted molar refractivity (Wildman–Crippen MR) is 189 cm³/mol. The standard InChI is InChI=1S/C36H67NO17/c1-2-3-4-5-6-7-8-9-10-11-12-13-14-15-21(41)20(37)19-49-34-30(47)27(44)32(23(17-39)51-34)54-36-31(48)28(45)33(24(18-40)52-36)53-35-29(46)26(43)25(42)22(16-38)50-35/h14-15,20-36,38-48H,2-13,16-19,37H2,1H3/b15-14+/t20-,21+,22+,23+,24+,25-,26-,27+,28+,29+,30+,31+,32+,33-,34-,35-,36-/m0/s1. The maximum Gasteiger partial charge on any atom is 0.187 e. The van der Waals surface area contributed by atoms with Crippen molar-refractivity contribution >= 4 is 0 Å². The number of aliphatic hydroxyl groups is 11. The zero-order chi connectivity index (χ0) is 39.8. The zero-order valence-electron chi connectivity index (χ0n) is 31.2. The monoisotopic (exact) mass is 785 g/mol. The van der Waals surface area contributed by atoms with Crippen molar-refractivity contribution < 1.29 is 84.6 Å². The summed E-state index contributed by atoms with van der Waals surface area (Å²) >= 11 is 0. The fourth-order valence-corrected chi connectivity index (χ4v) is 6.79. The summed E-state index contributed by atoms with van der Waals surface area (Å²) < 4.78 is 33.3. The van der Waals surface area contributed by atoms with Gasteiger partial charge in [0, 0.05) is 0 Å². The van der Waals surface area contributed by atoms with E-state index in [0.29, 0.717) is 0 Å². The van der Waals surface area contributed by atoms with E-state index in [9.17, 15) is 56.2 Å². The van der Waals surface area contributed by atoms with Gasteiger partial charge < -0.3 is 90.3 Å². The van der Waals surface area contributed by atoms with Crippen LogP contribution in [0.5, 0.6) is 0 Å². The van der Waals surface area contributed by atoms with Crippen LogP contribution in [0.2, 0.25) is 0 Å². The molecular weight excluding hydrogens is 718 g/mol. The van der Waals surface area contributed by atoms with Crippen LogP contribution >= 0.6 is 0 Å². The summed E-state index contributed by atoms with van der Waals surface area (Å²) in [6.45, 7) is -0.413. The number of hydrogen-bond donors (Lipinski definition) is 12. The van der Waals surface area contributed by atoms with E-state index < -0.39 is 124 Å². The Labute approximate surface area is 317 Å². The molecule has 54 heavy (non-hydrogen) atoms. The number of hydrogen-bond acceptors (Lipinski definition) is 18. The molecule has 18 nitrogen and oxygen atoms in total. The topological polar surface area (TPSA) is 304 Å². The van der Waals surface area contributed by atoms with Crippen molar-refractivity contribution in [3.8, 4) is 0 Å². The van der Waals surface area contributed by atoms with E-state index in [1.165, 1.54) is 57.8 Å². The Morgan fingerprint density at radius 3 is 1.48 bits per heavy atom. The molecule has 0 bridgehead atoms. The third kappa shape index (κ3) is 13.6. The molecule has 3 fully saturated rings. The average molecular weight is 786 g/mol.